The molecule has 0 bridgehead atoms. The molecule has 112 valence electrons. The molecule has 2 heterocycles. The van der Waals surface area contributed by atoms with E-state index < -0.39 is 10.0 Å². The maximum atomic E-state index is 12.0. The molecule has 0 amide bonds. The topological polar surface area (TPSA) is 75.4 Å². The van der Waals surface area contributed by atoms with Crippen LogP contribution in [0.3, 0.4) is 0 Å². The fourth-order valence-corrected chi connectivity index (χ4v) is 4.30. The summed E-state index contributed by atoms with van der Waals surface area (Å²) in [5, 5.41) is -0.143. The van der Waals surface area contributed by atoms with E-state index in [1.54, 1.807) is 0 Å². The second-order valence-corrected chi connectivity index (χ2v) is 7.78. The van der Waals surface area contributed by atoms with Crippen LogP contribution >= 0.6 is 0 Å². The number of oxazole rings is 1. The third kappa shape index (κ3) is 3.21. The molecule has 1 aromatic rings. The molecular formula is C13H21N3O3S. The second-order valence-electron chi connectivity index (χ2n) is 5.79. The van der Waals surface area contributed by atoms with Gasteiger partial charge in [0.05, 0.1) is 10.9 Å². The van der Waals surface area contributed by atoms with Crippen LogP contribution in [0.2, 0.25) is 0 Å². The number of nitrogens with zero attached hydrogens (tertiary/aromatic N) is 2. The fraction of sp³-hybridized carbons (Fsp3) is 0.769. The van der Waals surface area contributed by atoms with Gasteiger partial charge in [-0.2, -0.15) is 0 Å². The summed E-state index contributed by atoms with van der Waals surface area (Å²) in [6.07, 6.45) is 5.00. The Bertz CT molecular complexity index is 565. The van der Waals surface area contributed by atoms with Crippen LogP contribution in [-0.2, 0) is 16.6 Å². The summed E-state index contributed by atoms with van der Waals surface area (Å²) in [6, 6.07) is 0.0292. The van der Waals surface area contributed by atoms with Crippen molar-refractivity contribution in [2.24, 2.45) is 0 Å². The lowest BCUT2D eigenvalue weighted by Gasteiger charge is -2.32. The first-order valence-corrected chi connectivity index (χ1v) is 8.72. The maximum absolute atomic E-state index is 12.0. The molecular weight excluding hydrogens is 278 g/mol. The van der Waals surface area contributed by atoms with E-state index in [1.165, 1.54) is 6.39 Å². The van der Waals surface area contributed by atoms with E-state index in [9.17, 15) is 8.42 Å². The van der Waals surface area contributed by atoms with Gasteiger partial charge in [0.25, 0.3) is 0 Å². The number of aryl methyl sites for hydroxylation is 1. The number of aromatic nitrogens is 1. The minimum atomic E-state index is -3.09. The van der Waals surface area contributed by atoms with Crippen LogP contribution in [0, 0.1) is 6.92 Å². The quantitative estimate of drug-likeness (QED) is 0.879. The zero-order chi connectivity index (χ0) is 14.2. The van der Waals surface area contributed by atoms with Gasteiger partial charge >= 0.3 is 0 Å². The highest BCUT2D eigenvalue weighted by molar-refractivity contribution is 7.90. The van der Waals surface area contributed by atoms with E-state index in [0.717, 1.165) is 56.8 Å². The van der Waals surface area contributed by atoms with Crippen molar-refractivity contribution in [1.29, 1.82) is 0 Å². The van der Waals surface area contributed by atoms with E-state index in [1.807, 2.05) is 6.92 Å². The summed E-state index contributed by atoms with van der Waals surface area (Å²) >= 11 is 0. The first-order valence-electron chi connectivity index (χ1n) is 7.17. The summed E-state index contributed by atoms with van der Waals surface area (Å²) in [7, 11) is -3.09. The molecule has 1 aliphatic heterocycles. The average Bonchev–Trinajstić information content (AvgIpc) is 3.17. The molecule has 3 rings (SSSR count). The van der Waals surface area contributed by atoms with Crippen LogP contribution in [0.4, 0.5) is 0 Å². The number of hydrogen-bond acceptors (Lipinski definition) is 5. The molecule has 6 nitrogen and oxygen atoms in total. The highest BCUT2D eigenvalue weighted by atomic mass is 32.2. The van der Waals surface area contributed by atoms with Crippen LogP contribution in [-0.4, -0.2) is 42.7 Å². The van der Waals surface area contributed by atoms with E-state index >= 15 is 0 Å². The molecule has 20 heavy (non-hydrogen) atoms. The van der Waals surface area contributed by atoms with Gasteiger partial charge in [0, 0.05) is 19.1 Å². The fourth-order valence-electron chi connectivity index (χ4n) is 2.69. The first-order chi connectivity index (χ1) is 9.54. The zero-order valence-corrected chi connectivity index (χ0v) is 12.5. The largest absolute Gasteiger partial charge is 0.448 e. The Morgan fingerprint density at radius 3 is 2.90 bits per heavy atom. The number of hydrogen-bond donors (Lipinski definition) is 1. The number of rotatable bonds is 5. The molecule has 1 saturated heterocycles. The predicted octanol–water partition coefficient (Wildman–Crippen LogP) is 1.03. The third-order valence-electron chi connectivity index (χ3n) is 4.02. The first kappa shape index (κ1) is 14.0. The minimum Gasteiger partial charge on any atom is -0.448 e. The van der Waals surface area contributed by atoms with Crippen LogP contribution in [0.15, 0.2) is 10.8 Å². The Kier molecular flexibility index (Phi) is 3.83. The third-order valence-corrected chi connectivity index (χ3v) is 6.03. The molecule has 0 aromatic carbocycles. The van der Waals surface area contributed by atoms with Crippen LogP contribution in [0.1, 0.15) is 37.1 Å². The van der Waals surface area contributed by atoms with Crippen molar-refractivity contribution >= 4 is 10.0 Å². The summed E-state index contributed by atoms with van der Waals surface area (Å²) in [6.45, 7) is 4.36. The highest BCUT2D eigenvalue weighted by Gasteiger charge is 2.37. The number of likely N-dealkylation sites (tertiary alicyclic amines) is 1. The summed E-state index contributed by atoms with van der Waals surface area (Å²) < 4.78 is 32.0. The zero-order valence-electron chi connectivity index (χ0n) is 11.7. The van der Waals surface area contributed by atoms with Gasteiger partial charge in [-0.3, -0.25) is 4.90 Å². The Hall–Kier alpha value is -0.920. The number of piperidine rings is 1. The van der Waals surface area contributed by atoms with E-state index in [0.29, 0.717) is 0 Å². The van der Waals surface area contributed by atoms with Gasteiger partial charge in [0.1, 0.15) is 5.76 Å². The molecule has 0 spiro atoms. The molecule has 0 radical (unpaired) electrons. The van der Waals surface area contributed by atoms with Crippen molar-refractivity contribution in [3.8, 4) is 0 Å². The summed E-state index contributed by atoms with van der Waals surface area (Å²) in [5.41, 5.74) is 0.940. The van der Waals surface area contributed by atoms with Gasteiger partial charge in [0.2, 0.25) is 10.0 Å². The van der Waals surface area contributed by atoms with Crippen LogP contribution in [0.25, 0.3) is 0 Å². The Balaban J connectivity index is 1.57. The van der Waals surface area contributed by atoms with E-state index in [4.69, 9.17) is 4.42 Å². The standard InChI is InChI=1S/C13H21N3O3S/c1-10-13(14-9-19-10)8-16-6-2-3-11(7-16)15-20(17,18)12-4-5-12/h9,11-12,15H,2-8H2,1H3. The lowest BCUT2D eigenvalue weighted by molar-refractivity contribution is 0.192. The molecule has 2 aliphatic rings. The van der Waals surface area contributed by atoms with E-state index in [2.05, 4.69) is 14.6 Å². The normalized spacial score (nSPS) is 24.9. The summed E-state index contributed by atoms with van der Waals surface area (Å²) in [5.74, 6) is 0.839. The van der Waals surface area contributed by atoms with E-state index in [-0.39, 0.29) is 11.3 Å². The van der Waals surface area contributed by atoms with Crippen LogP contribution in [0.5, 0.6) is 0 Å². The monoisotopic (exact) mass is 299 g/mol. The Morgan fingerprint density at radius 2 is 2.25 bits per heavy atom. The molecule has 1 atom stereocenters. The average molecular weight is 299 g/mol. The van der Waals surface area contributed by atoms with Crippen molar-refractivity contribution in [3.05, 3.63) is 17.8 Å². The van der Waals surface area contributed by atoms with Gasteiger partial charge in [-0.15, -0.1) is 0 Å². The van der Waals surface area contributed by atoms with Crippen molar-refractivity contribution < 1.29 is 12.8 Å². The molecule has 2 fully saturated rings. The Morgan fingerprint density at radius 1 is 1.45 bits per heavy atom. The molecule has 1 unspecified atom stereocenters. The second kappa shape index (κ2) is 5.46. The lowest BCUT2D eigenvalue weighted by atomic mass is 10.1. The highest BCUT2D eigenvalue weighted by Crippen LogP contribution is 2.28. The maximum Gasteiger partial charge on any atom is 0.214 e. The minimum absolute atomic E-state index is 0.0292. The van der Waals surface area contributed by atoms with Gasteiger partial charge in [-0.25, -0.2) is 18.1 Å². The van der Waals surface area contributed by atoms with Gasteiger partial charge in [-0.1, -0.05) is 0 Å². The van der Waals surface area contributed by atoms with Gasteiger partial charge in [-0.05, 0) is 39.2 Å². The predicted molar refractivity (Wildman–Crippen MR) is 74.6 cm³/mol. The molecule has 1 N–H and O–H groups in total. The molecule has 1 aliphatic carbocycles. The molecule has 1 saturated carbocycles. The van der Waals surface area contributed by atoms with Crippen molar-refractivity contribution in [3.63, 3.8) is 0 Å². The molecule has 7 heteroatoms. The van der Waals surface area contributed by atoms with Crippen molar-refractivity contribution in [2.75, 3.05) is 13.1 Å². The summed E-state index contributed by atoms with van der Waals surface area (Å²) in [4.78, 5) is 6.45. The van der Waals surface area contributed by atoms with Crippen molar-refractivity contribution in [1.82, 2.24) is 14.6 Å². The van der Waals surface area contributed by atoms with Gasteiger partial charge in [0.15, 0.2) is 6.39 Å². The lowest BCUT2D eigenvalue weighted by Crippen LogP contribution is -2.48. The van der Waals surface area contributed by atoms with Crippen LogP contribution < -0.4 is 4.72 Å². The SMILES string of the molecule is Cc1ocnc1CN1CCCC(NS(=O)(=O)C2CC2)C1. The number of nitrogens with one attached hydrogen (secondary N) is 1. The Labute approximate surface area is 119 Å². The number of sulfonamides is 1. The van der Waals surface area contributed by atoms with Gasteiger partial charge < -0.3 is 4.42 Å². The van der Waals surface area contributed by atoms with Crippen molar-refractivity contribution in [2.45, 2.75) is 50.4 Å². The smallest absolute Gasteiger partial charge is 0.214 e. The molecule has 1 aromatic heterocycles.